The average molecular weight is 452 g/mol. The number of benzene rings is 2. The Bertz CT molecular complexity index is 1130. The van der Waals surface area contributed by atoms with Crippen molar-refractivity contribution in [1.82, 2.24) is 9.80 Å². The van der Waals surface area contributed by atoms with Gasteiger partial charge in [0, 0.05) is 18.7 Å². The second kappa shape index (κ2) is 8.86. The Morgan fingerprint density at radius 3 is 2.52 bits per heavy atom. The number of nitrogens with zero attached hydrogens (tertiary/aromatic N) is 2. The van der Waals surface area contributed by atoms with Crippen molar-refractivity contribution in [3.8, 4) is 11.5 Å². The van der Waals surface area contributed by atoms with Gasteiger partial charge < -0.3 is 24.4 Å². The van der Waals surface area contributed by atoms with Crippen molar-refractivity contribution in [2.45, 2.75) is 18.9 Å². The van der Waals surface area contributed by atoms with Crippen LogP contribution in [0.25, 0.3) is 5.76 Å². The molecule has 0 aromatic heterocycles. The highest BCUT2D eigenvalue weighted by atomic mass is 19.1. The molecule has 33 heavy (non-hydrogen) atoms. The van der Waals surface area contributed by atoms with Crippen LogP contribution in [0.15, 0.2) is 48.0 Å². The number of ether oxygens (including phenoxy) is 2. The fourth-order valence-corrected chi connectivity index (χ4v) is 4.74. The zero-order valence-corrected chi connectivity index (χ0v) is 18.1. The lowest BCUT2D eigenvalue weighted by atomic mass is 9.95. The fourth-order valence-electron chi connectivity index (χ4n) is 4.74. The van der Waals surface area contributed by atoms with Crippen LogP contribution in [0.2, 0.25) is 0 Å². The summed E-state index contributed by atoms with van der Waals surface area (Å²) in [6, 6.07) is 9.79. The Morgan fingerprint density at radius 1 is 1.00 bits per heavy atom. The number of ketones is 1. The summed E-state index contributed by atoms with van der Waals surface area (Å²) in [6.07, 6.45) is 2.21. The van der Waals surface area contributed by atoms with E-state index in [9.17, 15) is 19.1 Å². The van der Waals surface area contributed by atoms with E-state index in [1.54, 1.807) is 24.3 Å². The number of hydrogen-bond acceptors (Lipinski definition) is 6. The number of halogens is 1. The SMILES string of the molecule is O=C1C(=O)N(CCN2CCCC2)C(c2cccc(F)c2)/C1=C(\O)c1ccc2c(c1)OCCO2. The summed E-state index contributed by atoms with van der Waals surface area (Å²) < 4.78 is 25.2. The summed E-state index contributed by atoms with van der Waals surface area (Å²) in [4.78, 5) is 29.8. The maximum Gasteiger partial charge on any atom is 0.295 e. The van der Waals surface area contributed by atoms with Gasteiger partial charge in [-0.15, -0.1) is 0 Å². The molecule has 7 nitrogen and oxygen atoms in total. The van der Waals surface area contributed by atoms with E-state index in [4.69, 9.17) is 9.47 Å². The predicted molar refractivity (Wildman–Crippen MR) is 119 cm³/mol. The van der Waals surface area contributed by atoms with Crippen LogP contribution in [-0.4, -0.2) is 66.0 Å². The zero-order chi connectivity index (χ0) is 22.9. The maximum absolute atomic E-state index is 14.1. The van der Waals surface area contributed by atoms with Crippen molar-refractivity contribution in [2.24, 2.45) is 0 Å². The van der Waals surface area contributed by atoms with Crippen LogP contribution in [0.4, 0.5) is 4.39 Å². The Kier molecular flexibility index (Phi) is 5.76. The van der Waals surface area contributed by atoms with E-state index in [1.165, 1.54) is 23.1 Å². The minimum absolute atomic E-state index is 0.0521. The molecule has 3 aliphatic rings. The van der Waals surface area contributed by atoms with Crippen molar-refractivity contribution in [2.75, 3.05) is 39.4 Å². The molecular weight excluding hydrogens is 427 g/mol. The van der Waals surface area contributed by atoms with Gasteiger partial charge in [0.15, 0.2) is 11.5 Å². The lowest BCUT2D eigenvalue weighted by Crippen LogP contribution is -2.37. The second-order valence-electron chi connectivity index (χ2n) is 8.45. The van der Waals surface area contributed by atoms with Gasteiger partial charge in [0.2, 0.25) is 0 Å². The summed E-state index contributed by atoms with van der Waals surface area (Å²) in [5.74, 6) is -1.26. The molecule has 3 heterocycles. The molecule has 3 aliphatic heterocycles. The summed E-state index contributed by atoms with van der Waals surface area (Å²) in [6.45, 7) is 3.63. The number of rotatable bonds is 5. The minimum Gasteiger partial charge on any atom is -0.507 e. The first-order valence-electron chi connectivity index (χ1n) is 11.2. The third kappa shape index (κ3) is 4.06. The molecule has 1 atom stereocenters. The number of fused-ring (bicyclic) bond motifs is 1. The van der Waals surface area contributed by atoms with Crippen LogP contribution in [0, 0.1) is 5.82 Å². The molecule has 2 saturated heterocycles. The summed E-state index contributed by atoms with van der Waals surface area (Å²) in [5, 5.41) is 11.2. The summed E-state index contributed by atoms with van der Waals surface area (Å²) >= 11 is 0. The number of amides is 1. The van der Waals surface area contributed by atoms with E-state index in [0.717, 1.165) is 25.9 Å². The third-order valence-electron chi connectivity index (χ3n) is 6.38. The molecule has 0 saturated carbocycles. The standard InChI is InChI=1S/C25H25FN2O5/c26-18-5-3-4-16(14-18)22-21(23(29)17-6-7-19-20(15-17)33-13-12-32-19)24(30)25(31)28(22)11-10-27-8-1-2-9-27/h3-7,14-15,22,29H,1-2,8-13H2/b23-21+. The van der Waals surface area contributed by atoms with Gasteiger partial charge in [-0.05, 0) is 61.8 Å². The lowest BCUT2D eigenvalue weighted by Gasteiger charge is -2.27. The number of aliphatic hydroxyl groups is 1. The molecule has 2 aromatic rings. The van der Waals surface area contributed by atoms with Gasteiger partial charge in [-0.25, -0.2) is 4.39 Å². The Hall–Kier alpha value is -3.39. The van der Waals surface area contributed by atoms with Crippen LogP contribution in [-0.2, 0) is 9.59 Å². The molecule has 8 heteroatoms. The van der Waals surface area contributed by atoms with Crippen LogP contribution in [0.1, 0.15) is 30.0 Å². The van der Waals surface area contributed by atoms with Crippen molar-refractivity contribution < 1.29 is 28.6 Å². The molecule has 5 rings (SSSR count). The normalized spacial score (nSPS) is 22.2. The molecule has 0 bridgehead atoms. The van der Waals surface area contributed by atoms with Crippen molar-refractivity contribution in [3.63, 3.8) is 0 Å². The molecule has 0 radical (unpaired) electrons. The van der Waals surface area contributed by atoms with Gasteiger partial charge in [-0.3, -0.25) is 9.59 Å². The van der Waals surface area contributed by atoms with E-state index in [2.05, 4.69) is 4.90 Å². The van der Waals surface area contributed by atoms with E-state index in [-0.39, 0.29) is 11.3 Å². The van der Waals surface area contributed by atoms with Crippen LogP contribution < -0.4 is 9.47 Å². The Morgan fingerprint density at radius 2 is 1.76 bits per heavy atom. The number of likely N-dealkylation sites (tertiary alicyclic amines) is 2. The monoisotopic (exact) mass is 452 g/mol. The van der Waals surface area contributed by atoms with E-state index in [0.29, 0.717) is 48.9 Å². The lowest BCUT2D eigenvalue weighted by molar-refractivity contribution is -0.140. The molecule has 0 spiro atoms. The number of aliphatic hydroxyl groups excluding tert-OH is 1. The zero-order valence-electron chi connectivity index (χ0n) is 18.1. The average Bonchev–Trinajstić information content (AvgIpc) is 3.43. The maximum atomic E-state index is 14.1. The number of carbonyl (C=O) groups excluding carboxylic acids is 2. The highest BCUT2D eigenvalue weighted by Gasteiger charge is 2.46. The summed E-state index contributed by atoms with van der Waals surface area (Å²) in [5.41, 5.74) is 0.719. The molecule has 1 unspecified atom stereocenters. The first kappa shape index (κ1) is 21.5. The fraction of sp³-hybridized carbons (Fsp3) is 0.360. The first-order valence-corrected chi connectivity index (χ1v) is 11.2. The quantitative estimate of drug-likeness (QED) is 0.427. The molecule has 172 valence electrons. The minimum atomic E-state index is -0.878. The molecule has 2 fully saturated rings. The predicted octanol–water partition coefficient (Wildman–Crippen LogP) is 3.11. The van der Waals surface area contributed by atoms with E-state index in [1.807, 2.05) is 0 Å². The highest BCUT2D eigenvalue weighted by molar-refractivity contribution is 6.46. The van der Waals surface area contributed by atoms with Crippen molar-refractivity contribution in [1.29, 1.82) is 0 Å². The number of Topliss-reactive ketones (excluding diaryl/α,β-unsaturated/α-hetero) is 1. The number of carbonyl (C=O) groups is 2. The first-order chi connectivity index (χ1) is 16.0. The molecule has 0 aliphatic carbocycles. The van der Waals surface area contributed by atoms with Gasteiger partial charge in [0.25, 0.3) is 11.7 Å². The van der Waals surface area contributed by atoms with Gasteiger partial charge >= 0.3 is 0 Å². The van der Waals surface area contributed by atoms with Crippen LogP contribution in [0.3, 0.4) is 0 Å². The topological polar surface area (TPSA) is 79.3 Å². The smallest absolute Gasteiger partial charge is 0.295 e. The molecule has 1 N–H and O–H groups in total. The van der Waals surface area contributed by atoms with Crippen LogP contribution >= 0.6 is 0 Å². The second-order valence-corrected chi connectivity index (χ2v) is 8.45. The van der Waals surface area contributed by atoms with Crippen molar-refractivity contribution >= 4 is 17.4 Å². The Labute approximate surface area is 191 Å². The van der Waals surface area contributed by atoms with Crippen molar-refractivity contribution in [3.05, 3.63) is 65.0 Å². The van der Waals surface area contributed by atoms with Gasteiger partial charge in [0.05, 0.1) is 11.6 Å². The molecule has 1 amide bonds. The van der Waals surface area contributed by atoms with Gasteiger partial charge in [-0.2, -0.15) is 0 Å². The highest BCUT2D eigenvalue weighted by Crippen LogP contribution is 2.41. The summed E-state index contributed by atoms with van der Waals surface area (Å²) in [7, 11) is 0. The van der Waals surface area contributed by atoms with Crippen LogP contribution in [0.5, 0.6) is 11.5 Å². The van der Waals surface area contributed by atoms with E-state index < -0.39 is 23.5 Å². The van der Waals surface area contributed by atoms with Gasteiger partial charge in [-0.1, -0.05) is 12.1 Å². The number of hydrogen-bond donors (Lipinski definition) is 1. The molecule has 2 aromatic carbocycles. The molecular formula is C25H25FN2O5. The van der Waals surface area contributed by atoms with Gasteiger partial charge in [0.1, 0.15) is 24.8 Å². The van der Waals surface area contributed by atoms with E-state index >= 15 is 0 Å². The third-order valence-corrected chi connectivity index (χ3v) is 6.38. The Balaban J connectivity index is 1.56. The largest absolute Gasteiger partial charge is 0.507 e.